The van der Waals surface area contributed by atoms with Crippen LogP contribution in [0.2, 0.25) is 0 Å². The second-order valence-corrected chi connectivity index (χ2v) is 14.2. The molecule has 0 bridgehead atoms. The molecule has 2 fully saturated rings. The van der Waals surface area contributed by atoms with Crippen molar-refractivity contribution in [2.24, 2.45) is 7.05 Å². The van der Waals surface area contributed by atoms with Gasteiger partial charge in [-0.3, -0.25) is 24.2 Å². The molecule has 1 unspecified atom stereocenters. The molecular weight excluding hydrogens is 676 g/mol. The van der Waals surface area contributed by atoms with Gasteiger partial charge in [0.25, 0.3) is 11.5 Å². The van der Waals surface area contributed by atoms with E-state index >= 15 is 0 Å². The lowest BCUT2D eigenvalue weighted by atomic mass is 9.92. The molecule has 276 valence electrons. The standard InChI is InChI=1S/C39H44N8O6/c1-4-34(49)42-30-17-24(9-10-32(30)46-16-15-45(18-23(46)2)25-21-52-22-25)41-36-39(51)44(3)19-31(43-36)26-11-13-40-37(29(26)20-48)47-14-12-28-27-7-5-6-8-33(27)53-35(28)38(47)50/h4,9-11,13,17,19,23,25,48H,1,5-8,12,14-16,18,20-22H2,2-3H3,(H,41,43)(H,42,49). The zero-order valence-corrected chi connectivity index (χ0v) is 30.1. The van der Waals surface area contributed by atoms with Crippen molar-refractivity contribution in [2.75, 3.05) is 59.8 Å². The number of rotatable bonds is 9. The molecule has 4 aromatic rings. The van der Waals surface area contributed by atoms with Crippen molar-refractivity contribution in [3.63, 3.8) is 0 Å². The summed E-state index contributed by atoms with van der Waals surface area (Å²) in [7, 11) is 1.63. The fraction of sp³-hybridized carbons (Fsp3) is 0.410. The number of furan rings is 1. The SMILES string of the molecule is C=CC(=O)Nc1cc(Nc2nc(-c3ccnc(N4CCc5c(oc6c5CCCC6)C4=O)c3CO)cn(C)c2=O)ccc1N1CCN(C2COC2)CC1C. The molecule has 0 saturated carbocycles. The van der Waals surface area contributed by atoms with E-state index in [-0.39, 0.29) is 29.2 Å². The highest BCUT2D eigenvalue weighted by atomic mass is 16.5. The second kappa shape index (κ2) is 14.3. The van der Waals surface area contributed by atoms with Gasteiger partial charge in [0.2, 0.25) is 5.91 Å². The summed E-state index contributed by atoms with van der Waals surface area (Å²) in [5, 5.41) is 16.8. The number of aliphatic hydroxyl groups excluding tert-OH is 1. The van der Waals surface area contributed by atoms with Crippen LogP contribution in [-0.4, -0.2) is 87.8 Å². The lowest BCUT2D eigenvalue weighted by molar-refractivity contribution is -0.111. The zero-order chi connectivity index (χ0) is 36.8. The molecule has 0 radical (unpaired) electrons. The van der Waals surface area contributed by atoms with Crippen molar-refractivity contribution in [3.8, 4) is 11.3 Å². The molecular formula is C39H44N8O6. The van der Waals surface area contributed by atoms with Crippen molar-refractivity contribution in [2.45, 2.75) is 57.7 Å². The Morgan fingerprint density at radius 1 is 1.09 bits per heavy atom. The monoisotopic (exact) mass is 720 g/mol. The number of carbonyl (C=O) groups excluding carboxylic acids is 2. The number of aliphatic hydroxyl groups is 1. The maximum absolute atomic E-state index is 13.8. The van der Waals surface area contributed by atoms with E-state index in [4.69, 9.17) is 14.1 Å². The van der Waals surface area contributed by atoms with Crippen molar-refractivity contribution in [3.05, 3.63) is 87.9 Å². The summed E-state index contributed by atoms with van der Waals surface area (Å²) in [6.45, 7) is 9.84. The van der Waals surface area contributed by atoms with Gasteiger partial charge in [0.05, 0.1) is 42.9 Å². The number of fused-ring (bicyclic) bond motifs is 3. The number of amides is 2. The lowest BCUT2D eigenvalue weighted by Gasteiger charge is -2.46. The van der Waals surface area contributed by atoms with Gasteiger partial charge >= 0.3 is 0 Å². The van der Waals surface area contributed by atoms with Crippen LogP contribution in [0.3, 0.4) is 0 Å². The first-order chi connectivity index (χ1) is 25.7. The van der Waals surface area contributed by atoms with Crippen LogP contribution < -0.4 is 26.0 Å². The molecule has 0 spiro atoms. The Labute approximate surface area is 307 Å². The number of aryl methyl sites for hydroxylation is 2. The normalized spacial score (nSPS) is 19.0. The number of pyridine rings is 1. The molecule has 8 rings (SSSR count). The van der Waals surface area contributed by atoms with Crippen LogP contribution in [0.15, 0.2) is 58.5 Å². The quantitative estimate of drug-likeness (QED) is 0.216. The highest BCUT2D eigenvalue weighted by molar-refractivity contribution is 6.07. The van der Waals surface area contributed by atoms with E-state index in [1.807, 2.05) is 12.1 Å². The first kappa shape index (κ1) is 34.8. The number of hydrogen-bond donors (Lipinski definition) is 3. The van der Waals surface area contributed by atoms with Crippen LogP contribution in [0.1, 0.15) is 52.8 Å². The summed E-state index contributed by atoms with van der Waals surface area (Å²) < 4.78 is 12.9. The summed E-state index contributed by atoms with van der Waals surface area (Å²) in [6, 6.07) is 7.93. The largest absolute Gasteiger partial charge is 0.455 e. The van der Waals surface area contributed by atoms with Crippen LogP contribution in [0, 0.1) is 0 Å². The number of aromatic nitrogens is 3. The Kier molecular flexibility index (Phi) is 9.35. The summed E-state index contributed by atoms with van der Waals surface area (Å²) in [5.41, 5.74) is 5.13. The van der Waals surface area contributed by atoms with E-state index in [0.717, 1.165) is 75.5 Å². The van der Waals surface area contributed by atoms with Gasteiger partial charge in [-0.05, 0) is 68.5 Å². The van der Waals surface area contributed by atoms with E-state index in [1.165, 1.54) is 16.2 Å². The molecule has 2 saturated heterocycles. The van der Waals surface area contributed by atoms with Crippen molar-refractivity contribution >= 4 is 40.5 Å². The average molecular weight is 721 g/mol. The van der Waals surface area contributed by atoms with Gasteiger partial charge < -0.3 is 34.4 Å². The maximum Gasteiger partial charge on any atom is 0.295 e. The van der Waals surface area contributed by atoms with Gasteiger partial charge in [0.1, 0.15) is 11.6 Å². The van der Waals surface area contributed by atoms with Gasteiger partial charge in [0, 0.05) is 80.5 Å². The van der Waals surface area contributed by atoms with Crippen molar-refractivity contribution in [1.29, 1.82) is 0 Å². The number of nitrogens with one attached hydrogen (secondary N) is 2. The Morgan fingerprint density at radius 2 is 1.92 bits per heavy atom. The van der Waals surface area contributed by atoms with Crippen LogP contribution in [-0.2, 0) is 42.4 Å². The van der Waals surface area contributed by atoms with Gasteiger partial charge in [-0.2, -0.15) is 0 Å². The molecule has 14 nitrogen and oxygen atoms in total. The molecule has 4 aliphatic rings. The number of ether oxygens (including phenoxy) is 1. The van der Waals surface area contributed by atoms with Gasteiger partial charge in [-0.25, -0.2) is 9.97 Å². The van der Waals surface area contributed by atoms with Crippen LogP contribution in [0.5, 0.6) is 0 Å². The molecule has 14 heteroatoms. The molecule has 3 aromatic heterocycles. The summed E-state index contributed by atoms with van der Waals surface area (Å²) >= 11 is 0. The minimum absolute atomic E-state index is 0.0468. The number of benzene rings is 1. The molecule has 6 heterocycles. The topological polar surface area (TPSA) is 158 Å². The zero-order valence-electron chi connectivity index (χ0n) is 30.1. The van der Waals surface area contributed by atoms with Gasteiger partial charge in [-0.1, -0.05) is 6.58 Å². The fourth-order valence-electron chi connectivity index (χ4n) is 8.04. The summed E-state index contributed by atoms with van der Waals surface area (Å²) in [5.74, 6) is 1.02. The predicted octanol–water partition coefficient (Wildman–Crippen LogP) is 3.79. The van der Waals surface area contributed by atoms with Gasteiger partial charge in [0.15, 0.2) is 11.6 Å². The van der Waals surface area contributed by atoms with E-state index in [0.29, 0.717) is 58.8 Å². The Hall–Kier alpha value is -5.31. The number of carbonyl (C=O) groups is 2. The number of hydrogen-bond acceptors (Lipinski definition) is 11. The highest BCUT2D eigenvalue weighted by Crippen LogP contribution is 2.37. The van der Waals surface area contributed by atoms with E-state index < -0.39 is 6.61 Å². The Morgan fingerprint density at radius 3 is 2.68 bits per heavy atom. The fourth-order valence-corrected chi connectivity index (χ4v) is 8.04. The number of anilines is 5. The molecule has 3 aliphatic heterocycles. The average Bonchev–Trinajstić information content (AvgIpc) is 3.53. The molecule has 1 atom stereocenters. The molecule has 1 aliphatic carbocycles. The lowest BCUT2D eigenvalue weighted by Crippen LogP contribution is -2.59. The second-order valence-electron chi connectivity index (χ2n) is 14.2. The predicted molar refractivity (Wildman–Crippen MR) is 201 cm³/mol. The van der Waals surface area contributed by atoms with Crippen LogP contribution >= 0.6 is 0 Å². The van der Waals surface area contributed by atoms with Crippen molar-refractivity contribution in [1.82, 2.24) is 19.4 Å². The number of piperazine rings is 1. The smallest absolute Gasteiger partial charge is 0.295 e. The van der Waals surface area contributed by atoms with E-state index in [9.17, 15) is 19.5 Å². The van der Waals surface area contributed by atoms with E-state index in [2.05, 4.69) is 38.9 Å². The molecule has 53 heavy (non-hydrogen) atoms. The minimum Gasteiger partial charge on any atom is -0.455 e. The molecule has 3 N–H and O–H groups in total. The van der Waals surface area contributed by atoms with Crippen LogP contribution in [0.4, 0.5) is 28.7 Å². The third kappa shape index (κ3) is 6.40. The number of nitrogens with zero attached hydrogens (tertiary/aromatic N) is 6. The minimum atomic E-state index is -0.411. The summed E-state index contributed by atoms with van der Waals surface area (Å²) in [6.07, 6.45) is 8.93. The Bertz CT molecular complexity index is 2160. The Balaban J connectivity index is 1.09. The van der Waals surface area contributed by atoms with Crippen molar-refractivity contribution < 1.29 is 23.8 Å². The summed E-state index contributed by atoms with van der Waals surface area (Å²) in [4.78, 5) is 55.4. The van der Waals surface area contributed by atoms with E-state index in [1.54, 1.807) is 36.5 Å². The first-order valence-electron chi connectivity index (χ1n) is 18.3. The third-order valence-electron chi connectivity index (χ3n) is 10.9. The highest BCUT2D eigenvalue weighted by Gasteiger charge is 2.36. The molecule has 1 aromatic carbocycles. The third-order valence-corrected chi connectivity index (χ3v) is 10.9. The van der Waals surface area contributed by atoms with Crippen LogP contribution in [0.25, 0.3) is 11.3 Å². The molecule has 2 amide bonds. The maximum atomic E-state index is 13.8. The van der Waals surface area contributed by atoms with Gasteiger partial charge in [-0.15, -0.1) is 0 Å². The first-order valence-corrected chi connectivity index (χ1v) is 18.3.